The van der Waals surface area contributed by atoms with E-state index in [9.17, 15) is 35.9 Å². The van der Waals surface area contributed by atoms with Crippen molar-refractivity contribution < 1.29 is 35.9 Å². The molecule has 32 heavy (non-hydrogen) atoms. The predicted molar refractivity (Wildman–Crippen MR) is 96.8 cm³/mol. The highest BCUT2D eigenvalue weighted by Gasteiger charge is 2.41. The fourth-order valence-electron chi connectivity index (χ4n) is 3.40. The van der Waals surface area contributed by atoms with E-state index in [2.05, 4.69) is 15.5 Å². The number of benzene rings is 1. The van der Waals surface area contributed by atoms with Gasteiger partial charge in [0.1, 0.15) is 6.33 Å². The molecular weight excluding hydrogens is 444 g/mol. The average molecular weight is 457 g/mol. The van der Waals surface area contributed by atoms with Crippen LogP contribution < -0.4 is 5.43 Å². The van der Waals surface area contributed by atoms with Crippen molar-refractivity contribution in [1.82, 2.24) is 25.2 Å². The minimum Gasteiger partial charge on any atom is -0.272 e. The fourth-order valence-corrected chi connectivity index (χ4v) is 3.40. The number of fused-ring (bicyclic) bond motifs is 2. The molecule has 2 heterocycles. The lowest BCUT2D eigenvalue weighted by atomic mass is 10.0. The number of hydrogen-bond donors (Lipinski definition) is 1. The van der Waals surface area contributed by atoms with Crippen molar-refractivity contribution in [3.05, 3.63) is 53.9 Å². The van der Waals surface area contributed by atoms with Crippen LogP contribution in [0.2, 0.25) is 0 Å². The van der Waals surface area contributed by atoms with Crippen LogP contribution in [0.15, 0.2) is 42.8 Å². The van der Waals surface area contributed by atoms with Crippen molar-refractivity contribution in [2.24, 2.45) is 5.92 Å². The molecule has 13 heteroatoms. The molecule has 168 valence electrons. The molecule has 1 fully saturated rings. The number of alkyl halides is 6. The molecule has 0 saturated carbocycles. The Morgan fingerprint density at radius 2 is 1.72 bits per heavy atom. The number of hydrazine groups is 1. The van der Waals surface area contributed by atoms with E-state index in [4.69, 9.17) is 0 Å². The smallest absolute Gasteiger partial charge is 0.272 e. The SMILES string of the molecule is O=C(/C=C\n1cnc(-c2cc(C(F)(F)F)cc(C(F)(F)F)c2)n1)NN1C(=O)[C@H]2C=C[C@@H]1C2. The van der Waals surface area contributed by atoms with E-state index in [1.165, 1.54) is 5.01 Å². The summed E-state index contributed by atoms with van der Waals surface area (Å²) in [6, 6.07) is 0.790. The molecule has 0 spiro atoms. The van der Waals surface area contributed by atoms with Gasteiger partial charge in [0.25, 0.3) is 5.91 Å². The third-order valence-corrected chi connectivity index (χ3v) is 4.91. The first kappa shape index (κ1) is 21.6. The highest BCUT2D eigenvalue weighted by molar-refractivity contribution is 5.93. The lowest BCUT2D eigenvalue weighted by Crippen LogP contribution is -2.48. The van der Waals surface area contributed by atoms with Gasteiger partial charge in [0.2, 0.25) is 5.91 Å². The molecule has 2 amide bonds. The summed E-state index contributed by atoms with van der Waals surface area (Å²) >= 11 is 0. The van der Waals surface area contributed by atoms with Gasteiger partial charge in [-0.05, 0) is 24.6 Å². The number of aromatic nitrogens is 3. The lowest BCUT2D eigenvalue weighted by molar-refractivity contribution is -0.143. The average Bonchev–Trinajstić information content (AvgIpc) is 3.43. The zero-order chi connectivity index (χ0) is 23.3. The molecule has 2 aromatic rings. The molecule has 2 aliphatic rings. The van der Waals surface area contributed by atoms with Crippen LogP contribution in [0.3, 0.4) is 0 Å². The van der Waals surface area contributed by atoms with Crippen molar-refractivity contribution in [2.75, 3.05) is 0 Å². The number of halogens is 6. The topological polar surface area (TPSA) is 80.1 Å². The van der Waals surface area contributed by atoms with Gasteiger partial charge >= 0.3 is 12.4 Å². The van der Waals surface area contributed by atoms with Crippen LogP contribution in [0.4, 0.5) is 26.3 Å². The molecule has 2 atom stereocenters. The number of rotatable bonds is 4. The fraction of sp³-hybridized carbons (Fsp3) is 0.263. The Labute approximate surface area is 176 Å². The lowest BCUT2D eigenvalue weighted by Gasteiger charge is -2.23. The van der Waals surface area contributed by atoms with Crippen molar-refractivity contribution in [1.29, 1.82) is 0 Å². The van der Waals surface area contributed by atoms with Gasteiger partial charge in [-0.1, -0.05) is 12.2 Å². The Hall–Kier alpha value is -3.64. The predicted octanol–water partition coefficient (Wildman–Crippen LogP) is 3.27. The first-order valence-electron chi connectivity index (χ1n) is 9.13. The van der Waals surface area contributed by atoms with Gasteiger partial charge in [0, 0.05) is 17.8 Å². The summed E-state index contributed by atoms with van der Waals surface area (Å²) in [4.78, 5) is 27.8. The largest absolute Gasteiger partial charge is 0.416 e. The maximum Gasteiger partial charge on any atom is 0.416 e. The van der Waals surface area contributed by atoms with Crippen LogP contribution in [-0.2, 0) is 21.9 Å². The van der Waals surface area contributed by atoms with Crippen molar-refractivity contribution >= 4 is 18.0 Å². The summed E-state index contributed by atoms with van der Waals surface area (Å²) in [5.41, 5.74) is -1.07. The van der Waals surface area contributed by atoms with Gasteiger partial charge in [-0.3, -0.25) is 15.0 Å². The standard InChI is InChI=1S/C19H13F6N5O2/c20-18(21,22)12-5-11(6-13(8-12)19(23,24)25)16-26-9-29(28-16)4-3-15(31)27-30-14-2-1-10(7-14)17(30)32/h1-6,8-10,14H,7H2,(H,27,31)/b4-3-/t10-,14+/m0/s1. The van der Waals surface area contributed by atoms with E-state index in [0.29, 0.717) is 18.6 Å². The third kappa shape index (κ3) is 4.22. The number of nitrogens with one attached hydrogen (secondary N) is 1. The first-order chi connectivity index (χ1) is 14.9. The minimum atomic E-state index is -5.00. The van der Waals surface area contributed by atoms with Gasteiger partial charge in [0.15, 0.2) is 5.82 Å². The van der Waals surface area contributed by atoms with Gasteiger partial charge in [-0.2, -0.15) is 26.3 Å². The van der Waals surface area contributed by atoms with Gasteiger partial charge in [-0.15, -0.1) is 5.10 Å². The second kappa shape index (κ2) is 7.50. The zero-order valence-electron chi connectivity index (χ0n) is 15.9. The maximum atomic E-state index is 13.0. The van der Waals surface area contributed by atoms with Crippen LogP contribution >= 0.6 is 0 Å². The summed E-state index contributed by atoms with van der Waals surface area (Å²) in [5, 5.41) is 5.00. The second-order valence-electron chi connectivity index (χ2n) is 7.14. The Morgan fingerprint density at radius 1 is 1.06 bits per heavy atom. The summed E-state index contributed by atoms with van der Waals surface area (Å²) in [7, 11) is 0. The van der Waals surface area contributed by atoms with Gasteiger partial charge in [0.05, 0.1) is 23.1 Å². The number of carbonyl (C=O) groups excluding carboxylic acids is 2. The Bertz CT molecular complexity index is 1100. The van der Waals surface area contributed by atoms with Gasteiger partial charge in [-0.25, -0.2) is 14.7 Å². The molecule has 1 N–H and O–H groups in total. The van der Waals surface area contributed by atoms with E-state index in [1.54, 1.807) is 12.2 Å². The number of amides is 2. The van der Waals surface area contributed by atoms with E-state index < -0.39 is 40.8 Å². The van der Waals surface area contributed by atoms with Crippen molar-refractivity contribution in [3.63, 3.8) is 0 Å². The molecule has 1 aliphatic heterocycles. The van der Waals surface area contributed by atoms with Crippen molar-refractivity contribution in [2.45, 2.75) is 24.8 Å². The summed E-state index contributed by atoms with van der Waals surface area (Å²) < 4.78 is 79.0. The molecule has 7 nitrogen and oxygen atoms in total. The molecule has 1 saturated heterocycles. The third-order valence-electron chi connectivity index (χ3n) is 4.91. The normalized spacial score (nSPS) is 20.6. The van der Waals surface area contributed by atoms with Crippen LogP contribution in [0.1, 0.15) is 17.5 Å². The number of carbonyl (C=O) groups is 2. The van der Waals surface area contributed by atoms with Crippen LogP contribution in [0.5, 0.6) is 0 Å². The van der Waals surface area contributed by atoms with Crippen LogP contribution in [0.25, 0.3) is 17.6 Å². The molecule has 1 aliphatic carbocycles. The summed E-state index contributed by atoms with van der Waals surface area (Å²) in [6.45, 7) is 0. The molecule has 1 aromatic heterocycles. The maximum absolute atomic E-state index is 13.0. The Kier molecular flexibility index (Phi) is 5.06. The summed E-state index contributed by atoms with van der Waals surface area (Å²) in [5.74, 6) is -1.58. The van der Waals surface area contributed by atoms with E-state index >= 15 is 0 Å². The highest BCUT2D eigenvalue weighted by Crippen LogP contribution is 2.38. The van der Waals surface area contributed by atoms with Crippen molar-refractivity contribution in [3.8, 4) is 11.4 Å². The molecule has 0 radical (unpaired) electrons. The van der Waals surface area contributed by atoms with Crippen LogP contribution in [0, 0.1) is 5.92 Å². The van der Waals surface area contributed by atoms with Crippen LogP contribution in [-0.4, -0.2) is 37.6 Å². The zero-order valence-corrected chi connectivity index (χ0v) is 15.9. The summed E-state index contributed by atoms with van der Waals surface area (Å²) in [6.07, 6.45) is -2.77. The van der Waals surface area contributed by atoms with Gasteiger partial charge < -0.3 is 0 Å². The second-order valence-corrected chi connectivity index (χ2v) is 7.14. The van der Waals surface area contributed by atoms with E-state index in [0.717, 1.165) is 23.3 Å². The first-order valence-corrected chi connectivity index (χ1v) is 9.13. The highest BCUT2D eigenvalue weighted by atomic mass is 19.4. The number of nitrogens with zero attached hydrogens (tertiary/aromatic N) is 4. The number of hydrogen-bond acceptors (Lipinski definition) is 4. The molecule has 0 unspecified atom stereocenters. The minimum absolute atomic E-state index is 0.00618. The van der Waals surface area contributed by atoms with E-state index in [-0.39, 0.29) is 23.9 Å². The Balaban J connectivity index is 1.52. The molecule has 1 aromatic carbocycles. The quantitative estimate of drug-likeness (QED) is 0.434. The van der Waals surface area contributed by atoms with E-state index in [1.807, 2.05) is 0 Å². The Morgan fingerprint density at radius 3 is 2.28 bits per heavy atom. The monoisotopic (exact) mass is 457 g/mol. The molecule has 2 bridgehead atoms. The molecule has 4 rings (SSSR count). The molecular formula is C19H13F6N5O2.